The van der Waals surface area contributed by atoms with E-state index < -0.39 is 6.10 Å². The summed E-state index contributed by atoms with van der Waals surface area (Å²) >= 11 is 6.18. The minimum absolute atomic E-state index is 0.0228. The molecule has 1 aromatic rings. The normalized spacial score (nSPS) is 12.1. The molecule has 1 N–H and O–H groups in total. The second-order valence-electron chi connectivity index (χ2n) is 4.53. The standard InChI is InChI=1S/C15H23ClN2O2/c1-5-18(6-2)15(19)11(3)20-14-12(10-17-4)8-7-9-13(14)16/h7-9,11,17H,5-6,10H2,1-4H3. The van der Waals surface area contributed by atoms with Gasteiger partial charge in [-0.1, -0.05) is 23.7 Å². The number of nitrogens with one attached hydrogen (secondary N) is 1. The predicted octanol–water partition coefficient (Wildman–Crippen LogP) is 2.70. The first-order valence-corrected chi connectivity index (χ1v) is 7.30. The third kappa shape index (κ3) is 4.12. The first-order valence-electron chi connectivity index (χ1n) is 6.92. The predicted molar refractivity (Wildman–Crippen MR) is 82.2 cm³/mol. The number of hydrogen-bond acceptors (Lipinski definition) is 3. The fourth-order valence-electron chi connectivity index (χ4n) is 2.03. The topological polar surface area (TPSA) is 41.6 Å². The maximum Gasteiger partial charge on any atom is 0.263 e. The number of halogens is 1. The van der Waals surface area contributed by atoms with Gasteiger partial charge in [-0.05, 0) is 33.9 Å². The Bertz CT molecular complexity index is 447. The highest BCUT2D eigenvalue weighted by Crippen LogP contribution is 2.29. The molecule has 112 valence electrons. The third-order valence-corrected chi connectivity index (χ3v) is 3.43. The Balaban J connectivity index is 2.89. The Hall–Kier alpha value is -1.26. The van der Waals surface area contributed by atoms with Crippen LogP contribution in [0.25, 0.3) is 0 Å². The molecule has 4 nitrogen and oxygen atoms in total. The molecule has 20 heavy (non-hydrogen) atoms. The third-order valence-electron chi connectivity index (χ3n) is 3.13. The molecule has 0 spiro atoms. The fourth-order valence-corrected chi connectivity index (χ4v) is 2.27. The van der Waals surface area contributed by atoms with Gasteiger partial charge in [-0.2, -0.15) is 0 Å². The van der Waals surface area contributed by atoms with Crippen LogP contribution in [0.5, 0.6) is 5.75 Å². The van der Waals surface area contributed by atoms with Crippen molar-refractivity contribution < 1.29 is 9.53 Å². The SMILES string of the molecule is CCN(CC)C(=O)C(C)Oc1c(Cl)cccc1CNC. The zero-order chi connectivity index (χ0) is 15.1. The summed E-state index contributed by atoms with van der Waals surface area (Å²) < 4.78 is 5.81. The number of likely N-dealkylation sites (N-methyl/N-ethyl adjacent to an activating group) is 1. The van der Waals surface area contributed by atoms with Crippen LogP contribution in [0.2, 0.25) is 5.02 Å². The molecule has 0 fully saturated rings. The van der Waals surface area contributed by atoms with Gasteiger partial charge in [-0.25, -0.2) is 0 Å². The largest absolute Gasteiger partial charge is 0.479 e. The molecule has 0 aliphatic carbocycles. The van der Waals surface area contributed by atoms with Crippen LogP contribution in [0.4, 0.5) is 0 Å². The van der Waals surface area contributed by atoms with Gasteiger partial charge in [0, 0.05) is 25.2 Å². The first kappa shape index (κ1) is 16.8. The molecule has 5 heteroatoms. The van der Waals surface area contributed by atoms with Crippen molar-refractivity contribution in [1.29, 1.82) is 0 Å². The number of ether oxygens (including phenoxy) is 1. The molecule has 1 unspecified atom stereocenters. The van der Waals surface area contributed by atoms with Crippen molar-refractivity contribution in [2.24, 2.45) is 0 Å². The second-order valence-corrected chi connectivity index (χ2v) is 4.94. The Kier molecular flexibility index (Phi) is 6.82. The molecule has 0 aliphatic rings. The number of hydrogen-bond donors (Lipinski definition) is 1. The summed E-state index contributed by atoms with van der Waals surface area (Å²) in [5, 5.41) is 3.59. The van der Waals surface area contributed by atoms with Crippen molar-refractivity contribution in [3.8, 4) is 5.75 Å². The monoisotopic (exact) mass is 298 g/mol. The summed E-state index contributed by atoms with van der Waals surface area (Å²) in [5.41, 5.74) is 0.944. The van der Waals surface area contributed by atoms with Gasteiger partial charge in [0.2, 0.25) is 0 Å². The molecule has 1 aromatic carbocycles. The summed E-state index contributed by atoms with van der Waals surface area (Å²) in [6.07, 6.45) is -0.551. The van der Waals surface area contributed by atoms with Gasteiger partial charge in [0.1, 0.15) is 5.75 Å². The molecular formula is C15H23ClN2O2. The minimum atomic E-state index is -0.551. The van der Waals surface area contributed by atoms with Crippen molar-refractivity contribution in [3.05, 3.63) is 28.8 Å². The van der Waals surface area contributed by atoms with E-state index in [-0.39, 0.29) is 5.91 Å². The highest BCUT2D eigenvalue weighted by atomic mass is 35.5. The van der Waals surface area contributed by atoms with E-state index in [1.165, 1.54) is 0 Å². The number of rotatable bonds is 7. The van der Waals surface area contributed by atoms with Crippen LogP contribution in [0.15, 0.2) is 18.2 Å². The van der Waals surface area contributed by atoms with Crippen molar-refractivity contribution in [2.45, 2.75) is 33.4 Å². The molecule has 1 rings (SSSR count). The molecule has 0 heterocycles. The van der Waals surface area contributed by atoms with Crippen LogP contribution in [0.1, 0.15) is 26.3 Å². The van der Waals surface area contributed by atoms with Gasteiger partial charge in [-0.15, -0.1) is 0 Å². The zero-order valence-electron chi connectivity index (χ0n) is 12.6. The molecule has 1 amide bonds. The number of para-hydroxylation sites is 1. The maximum atomic E-state index is 12.2. The average molecular weight is 299 g/mol. The summed E-state index contributed by atoms with van der Waals surface area (Å²) in [4.78, 5) is 14.0. The number of benzene rings is 1. The summed E-state index contributed by atoms with van der Waals surface area (Å²) in [6.45, 7) is 7.66. The molecule has 1 atom stereocenters. The second kappa shape index (κ2) is 8.12. The van der Waals surface area contributed by atoms with E-state index in [2.05, 4.69) is 5.32 Å². The smallest absolute Gasteiger partial charge is 0.263 e. The van der Waals surface area contributed by atoms with Gasteiger partial charge in [0.25, 0.3) is 5.91 Å². The Morgan fingerprint density at radius 2 is 2.05 bits per heavy atom. The lowest BCUT2D eigenvalue weighted by atomic mass is 10.2. The van der Waals surface area contributed by atoms with Gasteiger partial charge < -0.3 is 15.0 Å². The van der Waals surface area contributed by atoms with E-state index in [1.807, 2.05) is 33.0 Å². The summed E-state index contributed by atoms with van der Waals surface area (Å²) in [6, 6.07) is 5.58. The van der Waals surface area contributed by atoms with E-state index in [9.17, 15) is 4.79 Å². The van der Waals surface area contributed by atoms with E-state index in [1.54, 1.807) is 17.9 Å². The van der Waals surface area contributed by atoms with Crippen LogP contribution in [0.3, 0.4) is 0 Å². The van der Waals surface area contributed by atoms with Crippen molar-refractivity contribution in [3.63, 3.8) is 0 Å². The van der Waals surface area contributed by atoms with Crippen LogP contribution in [0, 0.1) is 0 Å². The van der Waals surface area contributed by atoms with E-state index in [4.69, 9.17) is 16.3 Å². The van der Waals surface area contributed by atoms with Gasteiger partial charge >= 0.3 is 0 Å². The Morgan fingerprint density at radius 3 is 2.60 bits per heavy atom. The van der Waals surface area contributed by atoms with Gasteiger partial charge in [0.15, 0.2) is 6.10 Å². The van der Waals surface area contributed by atoms with Gasteiger partial charge in [-0.3, -0.25) is 4.79 Å². The number of nitrogens with zero attached hydrogens (tertiary/aromatic N) is 1. The molecule has 0 aliphatic heterocycles. The molecule has 0 saturated carbocycles. The fraction of sp³-hybridized carbons (Fsp3) is 0.533. The van der Waals surface area contributed by atoms with E-state index in [0.717, 1.165) is 5.56 Å². The van der Waals surface area contributed by atoms with Crippen molar-refractivity contribution in [1.82, 2.24) is 10.2 Å². The van der Waals surface area contributed by atoms with Crippen LogP contribution in [-0.2, 0) is 11.3 Å². The zero-order valence-corrected chi connectivity index (χ0v) is 13.3. The quantitative estimate of drug-likeness (QED) is 0.841. The Morgan fingerprint density at radius 1 is 1.40 bits per heavy atom. The number of carbonyl (C=O) groups excluding carboxylic acids is 1. The van der Waals surface area contributed by atoms with Crippen LogP contribution < -0.4 is 10.1 Å². The number of carbonyl (C=O) groups is 1. The van der Waals surface area contributed by atoms with Crippen molar-refractivity contribution in [2.75, 3.05) is 20.1 Å². The molecular weight excluding hydrogens is 276 g/mol. The highest BCUT2D eigenvalue weighted by molar-refractivity contribution is 6.32. The lowest BCUT2D eigenvalue weighted by molar-refractivity contribution is -0.137. The lowest BCUT2D eigenvalue weighted by Gasteiger charge is -2.24. The minimum Gasteiger partial charge on any atom is -0.479 e. The first-order chi connectivity index (χ1) is 9.54. The van der Waals surface area contributed by atoms with Crippen LogP contribution >= 0.6 is 11.6 Å². The molecule has 0 radical (unpaired) electrons. The summed E-state index contributed by atoms with van der Waals surface area (Å²) in [5.74, 6) is 0.557. The van der Waals surface area contributed by atoms with Crippen molar-refractivity contribution >= 4 is 17.5 Å². The van der Waals surface area contributed by atoms with E-state index >= 15 is 0 Å². The molecule has 0 aromatic heterocycles. The van der Waals surface area contributed by atoms with Gasteiger partial charge in [0.05, 0.1) is 5.02 Å². The van der Waals surface area contributed by atoms with Crippen LogP contribution in [-0.4, -0.2) is 37.0 Å². The van der Waals surface area contributed by atoms with E-state index in [0.29, 0.717) is 30.4 Å². The Labute approximate surface area is 126 Å². The lowest BCUT2D eigenvalue weighted by Crippen LogP contribution is -2.40. The summed E-state index contributed by atoms with van der Waals surface area (Å²) in [7, 11) is 1.86. The maximum absolute atomic E-state index is 12.2. The molecule has 0 bridgehead atoms. The molecule has 0 saturated heterocycles. The number of amides is 1. The highest BCUT2D eigenvalue weighted by Gasteiger charge is 2.21. The average Bonchev–Trinajstić information content (AvgIpc) is 2.44.